The molecule has 5 rings (SSSR count). The van der Waals surface area contributed by atoms with Gasteiger partial charge in [-0.3, -0.25) is 9.78 Å². The normalized spacial score (nSPS) is 16.9. The fourth-order valence-electron chi connectivity index (χ4n) is 4.80. The SMILES string of the molecule is COc1ccccc1NC(=O)CCN1C(=S)N[C@@H](c2ccccn2)[C@@H]1c1cccn1-c1cccc(C)c1. The minimum Gasteiger partial charge on any atom is -0.495 e. The molecular weight excluding hydrogens is 482 g/mol. The van der Waals surface area contributed by atoms with Crippen LogP contribution in [0, 0.1) is 6.92 Å². The standard InChI is InChI=1S/C29H29N5O2S/c1-20-9-7-10-21(19-20)33-17-8-13-24(33)28-27(23-12-5-6-16-30-23)32-29(37)34(28)18-15-26(35)31-22-11-3-4-14-25(22)36-2/h3-14,16-17,19,27-28H,15,18H2,1-2H3,(H,31,35)(H,32,37)/t27-,28-/m0/s1. The van der Waals surface area contributed by atoms with Crippen molar-refractivity contribution in [3.8, 4) is 11.4 Å². The molecule has 2 aromatic carbocycles. The van der Waals surface area contributed by atoms with Gasteiger partial charge in [0.25, 0.3) is 0 Å². The summed E-state index contributed by atoms with van der Waals surface area (Å²) < 4.78 is 7.55. The van der Waals surface area contributed by atoms with Gasteiger partial charge in [0.1, 0.15) is 5.75 Å². The highest BCUT2D eigenvalue weighted by Crippen LogP contribution is 2.39. The molecule has 188 valence electrons. The molecule has 1 aliphatic rings. The van der Waals surface area contributed by atoms with Crippen LogP contribution in [0.3, 0.4) is 0 Å². The van der Waals surface area contributed by atoms with E-state index in [1.807, 2.05) is 48.5 Å². The second-order valence-corrected chi connectivity index (χ2v) is 9.35. The lowest BCUT2D eigenvalue weighted by molar-refractivity contribution is -0.116. The van der Waals surface area contributed by atoms with Crippen molar-refractivity contribution in [3.05, 3.63) is 108 Å². The summed E-state index contributed by atoms with van der Waals surface area (Å²) in [6.07, 6.45) is 4.12. The monoisotopic (exact) mass is 511 g/mol. The Morgan fingerprint density at radius 2 is 1.92 bits per heavy atom. The molecule has 1 aliphatic heterocycles. The van der Waals surface area contributed by atoms with E-state index in [0.717, 1.165) is 17.1 Å². The van der Waals surface area contributed by atoms with E-state index < -0.39 is 0 Å². The maximum absolute atomic E-state index is 12.9. The number of rotatable bonds is 8. The molecule has 1 saturated heterocycles. The van der Waals surface area contributed by atoms with Crippen molar-refractivity contribution in [1.29, 1.82) is 0 Å². The van der Waals surface area contributed by atoms with Crippen LogP contribution in [0.5, 0.6) is 5.75 Å². The van der Waals surface area contributed by atoms with Crippen LogP contribution in [0.25, 0.3) is 5.69 Å². The number of para-hydroxylation sites is 2. The fourth-order valence-corrected chi connectivity index (χ4v) is 5.13. The number of carbonyl (C=O) groups is 1. The average Bonchev–Trinajstić information content (AvgIpc) is 3.52. The van der Waals surface area contributed by atoms with Crippen LogP contribution in [-0.2, 0) is 4.79 Å². The number of pyridine rings is 1. The van der Waals surface area contributed by atoms with Crippen LogP contribution in [0.2, 0.25) is 0 Å². The smallest absolute Gasteiger partial charge is 0.226 e. The van der Waals surface area contributed by atoms with E-state index in [9.17, 15) is 4.79 Å². The largest absolute Gasteiger partial charge is 0.495 e. The van der Waals surface area contributed by atoms with Gasteiger partial charge in [0.15, 0.2) is 5.11 Å². The molecule has 1 fully saturated rings. The van der Waals surface area contributed by atoms with E-state index in [1.54, 1.807) is 13.3 Å². The average molecular weight is 512 g/mol. The molecule has 0 unspecified atom stereocenters. The van der Waals surface area contributed by atoms with Crippen LogP contribution < -0.4 is 15.4 Å². The molecule has 3 heterocycles. The Kier molecular flexibility index (Phi) is 7.18. The molecule has 2 atom stereocenters. The Labute approximate surface area is 222 Å². The molecule has 37 heavy (non-hydrogen) atoms. The Balaban J connectivity index is 1.44. The van der Waals surface area contributed by atoms with Gasteiger partial charge in [0.2, 0.25) is 5.91 Å². The summed E-state index contributed by atoms with van der Waals surface area (Å²) >= 11 is 5.80. The van der Waals surface area contributed by atoms with Gasteiger partial charge in [-0.05, 0) is 73.2 Å². The van der Waals surface area contributed by atoms with Crippen LogP contribution in [0.4, 0.5) is 5.69 Å². The third-order valence-electron chi connectivity index (χ3n) is 6.52. The molecule has 1 amide bonds. The zero-order chi connectivity index (χ0) is 25.8. The number of benzene rings is 2. The van der Waals surface area contributed by atoms with Crippen molar-refractivity contribution in [2.24, 2.45) is 0 Å². The number of ether oxygens (including phenoxy) is 1. The van der Waals surface area contributed by atoms with Crippen LogP contribution in [0.1, 0.15) is 35.5 Å². The number of aromatic nitrogens is 2. The Bertz CT molecular complexity index is 1400. The number of carbonyl (C=O) groups excluding carboxylic acids is 1. The lowest BCUT2D eigenvalue weighted by Crippen LogP contribution is -2.33. The van der Waals surface area contributed by atoms with E-state index >= 15 is 0 Å². The number of thiocarbonyl (C=S) groups is 1. The summed E-state index contributed by atoms with van der Waals surface area (Å²) in [7, 11) is 1.59. The van der Waals surface area contributed by atoms with Crippen molar-refractivity contribution < 1.29 is 9.53 Å². The first-order valence-corrected chi connectivity index (χ1v) is 12.6. The highest BCUT2D eigenvalue weighted by molar-refractivity contribution is 7.80. The van der Waals surface area contributed by atoms with Gasteiger partial charge in [0.05, 0.1) is 30.6 Å². The van der Waals surface area contributed by atoms with Crippen molar-refractivity contribution >= 4 is 28.9 Å². The second-order valence-electron chi connectivity index (χ2n) is 8.96. The maximum Gasteiger partial charge on any atom is 0.226 e. The zero-order valence-corrected chi connectivity index (χ0v) is 21.6. The number of anilines is 1. The van der Waals surface area contributed by atoms with Crippen LogP contribution >= 0.6 is 12.2 Å². The lowest BCUT2D eigenvalue weighted by atomic mass is 10.0. The van der Waals surface area contributed by atoms with Gasteiger partial charge < -0.3 is 24.8 Å². The van der Waals surface area contributed by atoms with E-state index in [-0.39, 0.29) is 24.4 Å². The third kappa shape index (κ3) is 5.20. The summed E-state index contributed by atoms with van der Waals surface area (Å²) in [5, 5.41) is 7.03. The summed E-state index contributed by atoms with van der Waals surface area (Å²) in [6, 6.07) is 25.5. The fraction of sp³-hybridized carbons (Fsp3) is 0.207. The van der Waals surface area contributed by atoms with Gasteiger partial charge in [-0.1, -0.05) is 30.3 Å². The van der Waals surface area contributed by atoms with Gasteiger partial charge in [-0.15, -0.1) is 0 Å². The predicted molar refractivity (Wildman–Crippen MR) is 149 cm³/mol. The van der Waals surface area contributed by atoms with Gasteiger partial charge >= 0.3 is 0 Å². The third-order valence-corrected chi connectivity index (χ3v) is 6.87. The summed E-state index contributed by atoms with van der Waals surface area (Å²) in [5.41, 5.74) is 4.87. The van der Waals surface area contributed by atoms with Crippen molar-refractivity contribution in [3.63, 3.8) is 0 Å². The number of aryl methyl sites for hydroxylation is 1. The maximum atomic E-state index is 12.9. The number of hydrogen-bond acceptors (Lipinski definition) is 4. The lowest BCUT2D eigenvalue weighted by Gasteiger charge is -2.29. The minimum atomic E-state index is -0.163. The van der Waals surface area contributed by atoms with E-state index in [1.165, 1.54) is 5.56 Å². The van der Waals surface area contributed by atoms with Gasteiger partial charge in [-0.2, -0.15) is 0 Å². The molecule has 2 aromatic heterocycles. The topological polar surface area (TPSA) is 71.4 Å². The molecule has 0 spiro atoms. The molecule has 0 radical (unpaired) electrons. The molecule has 0 saturated carbocycles. The van der Waals surface area contributed by atoms with Crippen molar-refractivity contribution in [2.75, 3.05) is 19.0 Å². The van der Waals surface area contributed by atoms with Gasteiger partial charge in [-0.25, -0.2) is 0 Å². The van der Waals surface area contributed by atoms with E-state index in [4.69, 9.17) is 17.0 Å². The van der Waals surface area contributed by atoms with Crippen LogP contribution in [-0.4, -0.2) is 39.1 Å². The molecule has 0 bridgehead atoms. The molecular formula is C29H29N5O2S. The van der Waals surface area contributed by atoms with Crippen molar-refractivity contribution in [1.82, 2.24) is 19.8 Å². The van der Waals surface area contributed by atoms with E-state index in [2.05, 4.69) is 68.5 Å². The first-order valence-electron chi connectivity index (χ1n) is 12.2. The Morgan fingerprint density at radius 3 is 2.70 bits per heavy atom. The van der Waals surface area contributed by atoms with Gasteiger partial charge in [0, 0.05) is 36.7 Å². The molecule has 4 aromatic rings. The molecule has 7 nitrogen and oxygen atoms in total. The Hall–Kier alpha value is -4.17. The second kappa shape index (κ2) is 10.8. The quantitative estimate of drug-likeness (QED) is 0.317. The van der Waals surface area contributed by atoms with Crippen LogP contribution in [0.15, 0.2) is 91.3 Å². The summed E-state index contributed by atoms with van der Waals surface area (Å²) in [5.74, 6) is 0.514. The zero-order valence-electron chi connectivity index (χ0n) is 20.8. The number of hydrogen-bond donors (Lipinski definition) is 2. The Morgan fingerprint density at radius 1 is 1.08 bits per heavy atom. The number of nitrogens with zero attached hydrogens (tertiary/aromatic N) is 3. The predicted octanol–water partition coefficient (Wildman–Crippen LogP) is 5.19. The highest BCUT2D eigenvalue weighted by atomic mass is 32.1. The van der Waals surface area contributed by atoms with E-state index in [0.29, 0.717) is 23.1 Å². The summed E-state index contributed by atoms with van der Waals surface area (Å²) in [6.45, 7) is 2.53. The van der Waals surface area contributed by atoms with Crippen molar-refractivity contribution in [2.45, 2.75) is 25.4 Å². The number of nitrogens with one attached hydrogen (secondary N) is 2. The minimum absolute atomic E-state index is 0.110. The number of methoxy groups -OCH3 is 1. The first kappa shape index (κ1) is 24.5. The highest BCUT2D eigenvalue weighted by Gasteiger charge is 2.41. The molecule has 2 N–H and O–H groups in total. The molecule has 8 heteroatoms. The summed E-state index contributed by atoms with van der Waals surface area (Å²) in [4.78, 5) is 19.7. The number of amides is 1. The molecule has 0 aliphatic carbocycles. The first-order chi connectivity index (χ1) is 18.0.